The van der Waals surface area contributed by atoms with Gasteiger partial charge in [0.25, 0.3) is 0 Å². The number of rotatable bonds is 3. The van der Waals surface area contributed by atoms with Crippen molar-refractivity contribution in [1.82, 2.24) is 0 Å². The molecule has 0 amide bonds. The minimum Gasteiger partial charge on any atom is -0.291 e. The third-order valence-corrected chi connectivity index (χ3v) is 3.34. The summed E-state index contributed by atoms with van der Waals surface area (Å²) in [6.07, 6.45) is 0. The molecule has 0 N–H and O–H groups in total. The SMILES string of the molecule is O=C(c1cc(Cl)c(Cl)c([N+](=O)[O-])c1Cl)C(Cl)Cl. The van der Waals surface area contributed by atoms with Crippen LogP contribution in [-0.2, 0) is 0 Å². The molecule has 0 unspecified atom stereocenters. The summed E-state index contributed by atoms with van der Waals surface area (Å²) < 4.78 is 0. The molecule has 0 spiro atoms. The standard InChI is InChI=1S/C8H2Cl5NO3/c9-3-1-2(7(15)8(12)13)4(10)6(5(3)11)14(16)17/h1,8H. The second-order valence-corrected chi connectivity index (χ2v) is 5.06. The van der Waals surface area contributed by atoms with Crippen molar-refractivity contribution in [2.24, 2.45) is 0 Å². The van der Waals surface area contributed by atoms with Gasteiger partial charge in [-0.05, 0) is 6.07 Å². The Morgan fingerprint density at radius 3 is 2.18 bits per heavy atom. The van der Waals surface area contributed by atoms with Crippen LogP contribution in [0.2, 0.25) is 15.1 Å². The Hall–Kier alpha value is -0.260. The Morgan fingerprint density at radius 2 is 1.76 bits per heavy atom. The fraction of sp³-hybridized carbons (Fsp3) is 0.125. The van der Waals surface area contributed by atoms with E-state index < -0.39 is 26.3 Å². The van der Waals surface area contributed by atoms with Crippen LogP contribution in [0.15, 0.2) is 6.07 Å². The van der Waals surface area contributed by atoms with E-state index in [1.54, 1.807) is 0 Å². The van der Waals surface area contributed by atoms with Crippen molar-refractivity contribution in [3.63, 3.8) is 0 Å². The number of nitro groups is 1. The van der Waals surface area contributed by atoms with Crippen LogP contribution in [0.1, 0.15) is 10.4 Å². The van der Waals surface area contributed by atoms with Crippen LogP contribution in [0.3, 0.4) is 0 Å². The molecule has 9 heteroatoms. The lowest BCUT2D eigenvalue weighted by Crippen LogP contribution is -2.10. The van der Waals surface area contributed by atoms with Gasteiger partial charge in [-0.15, -0.1) is 0 Å². The summed E-state index contributed by atoms with van der Waals surface area (Å²) in [5.74, 6) is -0.792. The lowest BCUT2D eigenvalue weighted by atomic mass is 10.1. The summed E-state index contributed by atoms with van der Waals surface area (Å²) in [5.41, 5.74) is -0.902. The second kappa shape index (κ2) is 5.59. The quantitative estimate of drug-likeness (QED) is 0.267. The number of hydrogen-bond donors (Lipinski definition) is 0. The molecule has 1 rings (SSSR count). The Bertz CT molecular complexity index is 502. The van der Waals surface area contributed by atoms with Gasteiger partial charge in [-0.25, -0.2) is 0 Å². The van der Waals surface area contributed by atoms with Crippen molar-refractivity contribution >= 4 is 69.5 Å². The summed E-state index contributed by atoms with van der Waals surface area (Å²) in [4.78, 5) is 20.0. The number of alkyl halides is 2. The van der Waals surface area contributed by atoms with Crippen molar-refractivity contribution in [2.75, 3.05) is 0 Å². The fourth-order valence-electron chi connectivity index (χ4n) is 1.05. The molecule has 0 saturated heterocycles. The molecule has 4 nitrogen and oxygen atoms in total. The van der Waals surface area contributed by atoms with Gasteiger partial charge in [0.1, 0.15) is 10.0 Å². The van der Waals surface area contributed by atoms with Crippen molar-refractivity contribution in [1.29, 1.82) is 0 Å². The first-order valence-electron chi connectivity index (χ1n) is 3.91. The molecule has 0 aromatic heterocycles. The Kier molecular flexibility index (Phi) is 4.86. The molecular formula is C8H2Cl5NO3. The first-order chi connectivity index (χ1) is 7.77. The zero-order valence-corrected chi connectivity index (χ0v) is 11.5. The van der Waals surface area contributed by atoms with Crippen molar-refractivity contribution < 1.29 is 9.72 Å². The van der Waals surface area contributed by atoms with E-state index in [2.05, 4.69) is 0 Å². The monoisotopic (exact) mass is 335 g/mol. The molecule has 0 fully saturated rings. The highest BCUT2D eigenvalue weighted by Crippen LogP contribution is 2.40. The Morgan fingerprint density at radius 1 is 1.24 bits per heavy atom. The van der Waals surface area contributed by atoms with Crippen LogP contribution in [0.5, 0.6) is 0 Å². The average Bonchev–Trinajstić information content (AvgIpc) is 2.22. The van der Waals surface area contributed by atoms with Crippen LogP contribution in [0.25, 0.3) is 0 Å². The average molecular weight is 337 g/mol. The van der Waals surface area contributed by atoms with Gasteiger partial charge in [0.15, 0.2) is 10.6 Å². The molecule has 0 aliphatic rings. The van der Waals surface area contributed by atoms with E-state index in [9.17, 15) is 14.9 Å². The van der Waals surface area contributed by atoms with Gasteiger partial charge >= 0.3 is 5.69 Å². The summed E-state index contributed by atoms with van der Waals surface area (Å²) >= 11 is 27.7. The molecule has 17 heavy (non-hydrogen) atoms. The Balaban J connectivity index is 3.56. The highest BCUT2D eigenvalue weighted by atomic mass is 35.5. The van der Waals surface area contributed by atoms with Crippen LogP contribution < -0.4 is 0 Å². The largest absolute Gasteiger partial charge is 0.308 e. The fourth-order valence-corrected chi connectivity index (χ4v) is 2.06. The number of nitro benzene ring substituents is 1. The van der Waals surface area contributed by atoms with Gasteiger partial charge in [0.2, 0.25) is 0 Å². The normalized spacial score (nSPS) is 10.7. The van der Waals surface area contributed by atoms with Crippen LogP contribution in [0, 0.1) is 10.1 Å². The van der Waals surface area contributed by atoms with Gasteiger partial charge in [0.05, 0.1) is 9.95 Å². The number of halogens is 5. The van der Waals surface area contributed by atoms with Crippen LogP contribution >= 0.6 is 58.0 Å². The van der Waals surface area contributed by atoms with Crippen LogP contribution in [0.4, 0.5) is 5.69 Å². The highest BCUT2D eigenvalue weighted by Gasteiger charge is 2.28. The van der Waals surface area contributed by atoms with Crippen molar-refractivity contribution in [2.45, 2.75) is 4.84 Å². The van der Waals surface area contributed by atoms with Gasteiger partial charge in [-0.2, -0.15) is 0 Å². The van der Waals surface area contributed by atoms with E-state index in [0.29, 0.717) is 0 Å². The summed E-state index contributed by atoms with van der Waals surface area (Å²) in [5, 5.41) is 9.77. The van der Waals surface area contributed by atoms with E-state index in [1.807, 2.05) is 0 Å². The molecule has 0 aliphatic carbocycles. The maximum absolute atomic E-state index is 11.5. The minimum absolute atomic E-state index is 0.180. The molecule has 0 saturated carbocycles. The van der Waals surface area contributed by atoms with Gasteiger partial charge in [0, 0.05) is 5.56 Å². The zero-order valence-electron chi connectivity index (χ0n) is 7.72. The molecular weight excluding hydrogens is 335 g/mol. The number of nitrogens with zero attached hydrogens (tertiary/aromatic N) is 1. The predicted molar refractivity (Wildman–Crippen MR) is 68.0 cm³/mol. The summed E-state index contributed by atoms with van der Waals surface area (Å²) in [6, 6.07) is 1.08. The molecule has 0 radical (unpaired) electrons. The van der Waals surface area contributed by atoms with Gasteiger partial charge in [-0.1, -0.05) is 58.0 Å². The van der Waals surface area contributed by atoms with Gasteiger partial charge < -0.3 is 0 Å². The van der Waals surface area contributed by atoms with Crippen molar-refractivity contribution in [3.8, 4) is 0 Å². The number of carbonyl (C=O) groups excluding carboxylic acids is 1. The van der Waals surface area contributed by atoms with E-state index in [-0.39, 0.29) is 15.6 Å². The highest BCUT2D eigenvalue weighted by molar-refractivity contribution is 6.56. The minimum atomic E-state index is -1.40. The van der Waals surface area contributed by atoms with E-state index in [4.69, 9.17) is 58.0 Å². The third kappa shape index (κ3) is 2.95. The maximum Gasteiger partial charge on any atom is 0.308 e. The smallest absolute Gasteiger partial charge is 0.291 e. The Labute approximate surface area is 120 Å². The van der Waals surface area contributed by atoms with Gasteiger partial charge in [-0.3, -0.25) is 14.9 Å². The third-order valence-electron chi connectivity index (χ3n) is 1.78. The van der Waals surface area contributed by atoms with E-state index in [0.717, 1.165) is 6.07 Å². The number of Topliss-reactive ketones (excluding diaryl/α,β-unsaturated/α-hetero) is 1. The van der Waals surface area contributed by atoms with E-state index >= 15 is 0 Å². The zero-order chi connectivity index (χ0) is 13.3. The number of hydrogen-bond acceptors (Lipinski definition) is 3. The van der Waals surface area contributed by atoms with Crippen LogP contribution in [-0.4, -0.2) is 15.5 Å². The molecule has 1 aromatic rings. The van der Waals surface area contributed by atoms with Crippen molar-refractivity contribution in [3.05, 3.63) is 36.8 Å². The second-order valence-electron chi connectivity index (χ2n) is 2.80. The van der Waals surface area contributed by atoms with E-state index in [1.165, 1.54) is 0 Å². The molecule has 0 aliphatic heterocycles. The number of benzene rings is 1. The first-order valence-corrected chi connectivity index (χ1v) is 5.92. The number of ketones is 1. The number of carbonyl (C=O) groups is 1. The summed E-state index contributed by atoms with van der Waals surface area (Å²) in [6.45, 7) is 0. The maximum atomic E-state index is 11.5. The lowest BCUT2D eigenvalue weighted by molar-refractivity contribution is -0.384. The molecule has 0 bridgehead atoms. The topological polar surface area (TPSA) is 60.2 Å². The first kappa shape index (κ1) is 14.8. The lowest BCUT2D eigenvalue weighted by Gasteiger charge is -2.07. The molecule has 92 valence electrons. The molecule has 1 aromatic carbocycles. The molecule has 0 heterocycles. The predicted octanol–water partition coefficient (Wildman–Crippen LogP) is 4.54. The molecule has 0 atom stereocenters. The summed E-state index contributed by atoms with van der Waals surface area (Å²) in [7, 11) is 0.